The van der Waals surface area contributed by atoms with Crippen LogP contribution in [0.5, 0.6) is 5.75 Å². The van der Waals surface area contributed by atoms with Crippen LogP contribution in [0.25, 0.3) is 11.3 Å². The Hall–Kier alpha value is -1.55. The molecule has 0 radical (unpaired) electrons. The number of imidazole rings is 1. The number of H-pyrrole nitrogens is 1. The molecule has 2 aromatic rings. The molecule has 16 heavy (non-hydrogen) atoms. The Balaban J connectivity index is 2.64. The summed E-state index contributed by atoms with van der Waals surface area (Å²) in [6, 6.07) is 6.13. The Morgan fingerprint density at radius 3 is 2.69 bits per heavy atom. The van der Waals surface area contributed by atoms with Crippen molar-refractivity contribution in [1.29, 1.82) is 0 Å². The van der Waals surface area contributed by atoms with Crippen LogP contribution in [-0.2, 0) is 7.05 Å². The van der Waals surface area contributed by atoms with Crippen LogP contribution in [0.2, 0.25) is 0 Å². The summed E-state index contributed by atoms with van der Waals surface area (Å²) in [5.41, 5.74) is 3.25. The quantitative estimate of drug-likeness (QED) is 0.809. The highest BCUT2D eigenvalue weighted by atomic mass is 32.1. The first kappa shape index (κ1) is 11.0. The number of methoxy groups -OCH3 is 1. The normalized spacial score (nSPS) is 10.4. The molecule has 0 aliphatic heterocycles. The number of aromatic amines is 1. The molecule has 0 fully saturated rings. The zero-order chi connectivity index (χ0) is 11.7. The molecular weight excluding hydrogens is 220 g/mol. The van der Waals surface area contributed by atoms with E-state index in [1.165, 1.54) is 5.56 Å². The molecule has 4 heteroatoms. The van der Waals surface area contributed by atoms with Crippen LogP contribution in [0.3, 0.4) is 0 Å². The van der Waals surface area contributed by atoms with E-state index in [4.69, 9.17) is 17.0 Å². The maximum atomic E-state index is 5.38. The second-order valence-electron chi connectivity index (χ2n) is 3.74. The van der Waals surface area contributed by atoms with Crippen molar-refractivity contribution in [3.8, 4) is 17.0 Å². The summed E-state index contributed by atoms with van der Waals surface area (Å²) < 4.78 is 8.02. The molecule has 0 bridgehead atoms. The smallest absolute Gasteiger partial charge is 0.177 e. The zero-order valence-electron chi connectivity index (χ0n) is 9.57. The van der Waals surface area contributed by atoms with Gasteiger partial charge in [0.25, 0.3) is 0 Å². The van der Waals surface area contributed by atoms with Crippen LogP contribution >= 0.6 is 12.2 Å². The lowest BCUT2D eigenvalue weighted by molar-refractivity contribution is 0.416. The molecule has 1 aromatic carbocycles. The van der Waals surface area contributed by atoms with Gasteiger partial charge in [-0.25, -0.2) is 0 Å². The van der Waals surface area contributed by atoms with Gasteiger partial charge in [0.2, 0.25) is 0 Å². The van der Waals surface area contributed by atoms with Gasteiger partial charge in [-0.05, 0) is 36.8 Å². The molecule has 0 aliphatic rings. The number of aryl methyl sites for hydroxylation is 1. The van der Waals surface area contributed by atoms with Crippen molar-refractivity contribution in [2.45, 2.75) is 6.92 Å². The molecule has 0 amide bonds. The summed E-state index contributed by atoms with van der Waals surface area (Å²) in [6.45, 7) is 2.04. The van der Waals surface area contributed by atoms with E-state index in [2.05, 4.69) is 11.1 Å². The lowest BCUT2D eigenvalue weighted by Gasteiger charge is -2.09. The lowest BCUT2D eigenvalue weighted by Crippen LogP contribution is -1.94. The minimum atomic E-state index is 0.706. The Labute approximate surface area is 99.7 Å². The van der Waals surface area contributed by atoms with Gasteiger partial charge in [0.15, 0.2) is 4.77 Å². The third kappa shape index (κ3) is 1.76. The van der Waals surface area contributed by atoms with Crippen LogP contribution in [0.15, 0.2) is 24.4 Å². The highest BCUT2D eigenvalue weighted by molar-refractivity contribution is 7.71. The maximum Gasteiger partial charge on any atom is 0.177 e. The largest absolute Gasteiger partial charge is 0.496 e. The Morgan fingerprint density at radius 1 is 1.38 bits per heavy atom. The Kier molecular flexibility index (Phi) is 2.83. The van der Waals surface area contributed by atoms with Crippen LogP contribution in [0, 0.1) is 11.7 Å². The van der Waals surface area contributed by atoms with E-state index in [1.807, 2.05) is 36.9 Å². The van der Waals surface area contributed by atoms with Gasteiger partial charge in [0, 0.05) is 18.8 Å². The van der Waals surface area contributed by atoms with Crippen LogP contribution in [-0.4, -0.2) is 16.7 Å². The molecule has 1 heterocycles. The minimum absolute atomic E-state index is 0.706. The van der Waals surface area contributed by atoms with Gasteiger partial charge in [-0.2, -0.15) is 0 Å². The predicted octanol–water partition coefficient (Wildman–Crippen LogP) is 3.07. The first-order chi connectivity index (χ1) is 7.63. The fourth-order valence-electron chi connectivity index (χ4n) is 1.70. The summed E-state index contributed by atoms with van der Waals surface area (Å²) in [5, 5.41) is 0. The Morgan fingerprint density at radius 2 is 2.12 bits per heavy atom. The van der Waals surface area contributed by atoms with Gasteiger partial charge < -0.3 is 14.3 Å². The number of rotatable bonds is 2. The van der Waals surface area contributed by atoms with Gasteiger partial charge in [-0.1, -0.05) is 6.07 Å². The van der Waals surface area contributed by atoms with E-state index in [-0.39, 0.29) is 0 Å². The van der Waals surface area contributed by atoms with Crippen molar-refractivity contribution in [3.63, 3.8) is 0 Å². The highest BCUT2D eigenvalue weighted by Crippen LogP contribution is 2.30. The van der Waals surface area contributed by atoms with Gasteiger partial charge in [0.1, 0.15) is 5.75 Å². The monoisotopic (exact) mass is 234 g/mol. The molecule has 0 aliphatic carbocycles. The van der Waals surface area contributed by atoms with Crippen molar-refractivity contribution in [2.24, 2.45) is 7.05 Å². The van der Waals surface area contributed by atoms with Crippen molar-refractivity contribution in [2.75, 3.05) is 7.11 Å². The molecule has 1 N–H and O–H groups in total. The molecule has 84 valence electrons. The van der Waals surface area contributed by atoms with Crippen molar-refractivity contribution in [3.05, 3.63) is 34.7 Å². The number of hydrogen-bond acceptors (Lipinski definition) is 2. The summed E-state index contributed by atoms with van der Waals surface area (Å²) in [4.78, 5) is 3.02. The molecule has 0 spiro atoms. The van der Waals surface area contributed by atoms with E-state index in [9.17, 15) is 0 Å². The maximum absolute atomic E-state index is 5.38. The molecule has 0 saturated carbocycles. The first-order valence-electron chi connectivity index (χ1n) is 5.03. The fourth-order valence-corrected chi connectivity index (χ4v) is 1.86. The summed E-state index contributed by atoms with van der Waals surface area (Å²) in [7, 11) is 3.62. The average Bonchev–Trinajstić information content (AvgIpc) is 2.60. The third-order valence-corrected chi connectivity index (χ3v) is 3.02. The van der Waals surface area contributed by atoms with Gasteiger partial charge >= 0.3 is 0 Å². The highest BCUT2D eigenvalue weighted by Gasteiger charge is 2.09. The number of nitrogens with zero attached hydrogens (tertiary/aromatic N) is 1. The van der Waals surface area contributed by atoms with E-state index in [1.54, 1.807) is 7.11 Å². The number of benzene rings is 1. The number of aromatic nitrogens is 2. The van der Waals surface area contributed by atoms with Crippen LogP contribution in [0.1, 0.15) is 5.56 Å². The van der Waals surface area contributed by atoms with E-state index in [0.29, 0.717) is 4.77 Å². The number of hydrogen-bond donors (Lipinski definition) is 1. The topological polar surface area (TPSA) is 29.9 Å². The molecule has 1 aromatic heterocycles. The molecule has 2 rings (SSSR count). The molecular formula is C12H14N2OS. The molecule has 0 unspecified atom stereocenters. The number of ether oxygens (including phenoxy) is 1. The predicted molar refractivity (Wildman–Crippen MR) is 67.3 cm³/mol. The third-order valence-electron chi connectivity index (χ3n) is 2.63. The lowest BCUT2D eigenvalue weighted by atomic mass is 10.1. The fraction of sp³-hybridized carbons (Fsp3) is 0.250. The van der Waals surface area contributed by atoms with Gasteiger partial charge in [0.05, 0.1) is 12.8 Å². The molecule has 0 atom stereocenters. The van der Waals surface area contributed by atoms with Crippen molar-refractivity contribution in [1.82, 2.24) is 9.55 Å². The molecule has 0 saturated heterocycles. The van der Waals surface area contributed by atoms with Crippen LogP contribution in [0.4, 0.5) is 0 Å². The number of nitrogens with one attached hydrogen (secondary N) is 1. The van der Waals surface area contributed by atoms with E-state index < -0.39 is 0 Å². The second kappa shape index (κ2) is 4.14. The molecule has 3 nitrogen and oxygen atoms in total. The zero-order valence-corrected chi connectivity index (χ0v) is 10.4. The SMILES string of the molecule is COc1cc(C)ccc1-c1c[nH]c(=S)n1C. The average molecular weight is 234 g/mol. The standard InChI is InChI=1S/C12H14N2OS/c1-8-4-5-9(11(6-8)15-3)10-7-13-12(16)14(10)2/h4-7H,1-3H3,(H,13,16). The van der Waals surface area contributed by atoms with Gasteiger partial charge in [-0.3, -0.25) is 0 Å². The van der Waals surface area contributed by atoms with Crippen molar-refractivity contribution >= 4 is 12.2 Å². The van der Waals surface area contributed by atoms with E-state index in [0.717, 1.165) is 17.0 Å². The summed E-state index contributed by atoms with van der Waals surface area (Å²) >= 11 is 5.15. The van der Waals surface area contributed by atoms with E-state index >= 15 is 0 Å². The Bertz CT molecular complexity index is 569. The summed E-state index contributed by atoms with van der Waals surface area (Å²) in [6.07, 6.45) is 1.90. The van der Waals surface area contributed by atoms with Gasteiger partial charge in [-0.15, -0.1) is 0 Å². The van der Waals surface area contributed by atoms with Crippen molar-refractivity contribution < 1.29 is 4.74 Å². The minimum Gasteiger partial charge on any atom is -0.496 e. The van der Waals surface area contributed by atoms with Crippen LogP contribution < -0.4 is 4.74 Å². The second-order valence-corrected chi connectivity index (χ2v) is 4.13. The summed E-state index contributed by atoms with van der Waals surface area (Å²) in [5.74, 6) is 0.865. The first-order valence-corrected chi connectivity index (χ1v) is 5.43.